The van der Waals surface area contributed by atoms with Gasteiger partial charge in [0.05, 0.1) is 12.1 Å². The Morgan fingerprint density at radius 2 is 2.11 bits per heavy atom. The van der Waals surface area contributed by atoms with Gasteiger partial charge in [-0.2, -0.15) is 0 Å². The Hall–Kier alpha value is -0.610. The number of nitrogens with zero attached hydrogens (tertiary/aromatic N) is 1. The molecule has 1 aliphatic heterocycles. The second kappa shape index (κ2) is 5.57. The van der Waals surface area contributed by atoms with E-state index in [2.05, 4.69) is 18.7 Å². The fourth-order valence-corrected chi connectivity index (χ4v) is 3.54. The first-order chi connectivity index (χ1) is 8.52. The van der Waals surface area contributed by atoms with E-state index in [-0.39, 0.29) is 18.2 Å². The highest BCUT2D eigenvalue weighted by Crippen LogP contribution is 2.41. The molecule has 2 rings (SSSR count). The predicted octanol–water partition coefficient (Wildman–Crippen LogP) is 2.27. The van der Waals surface area contributed by atoms with Crippen LogP contribution in [0.4, 0.5) is 0 Å². The normalized spacial score (nSPS) is 27.2. The maximum Gasteiger partial charge on any atom is 0.317 e. The van der Waals surface area contributed by atoms with Crippen LogP contribution in [0, 0.1) is 0 Å². The lowest BCUT2D eigenvalue weighted by atomic mass is 9.87. The maximum atomic E-state index is 11.0. The third-order valence-corrected chi connectivity index (χ3v) is 4.43. The van der Waals surface area contributed by atoms with Crippen LogP contribution >= 0.6 is 0 Å². The molecule has 1 atom stereocenters. The van der Waals surface area contributed by atoms with Crippen LogP contribution in [0.15, 0.2) is 0 Å². The molecule has 1 heterocycles. The van der Waals surface area contributed by atoms with Crippen LogP contribution in [-0.4, -0.2) is 46.8 Å². The standard InChI is InChI=1S/C14H25NO3/c1-11(2)15(10-13(16)17)12-5-8-18-14(9-12)6-3-4-7-14/h11-12H,3-10H2,1-2H3,(H,16,17). The Labute approximate surface area is 109 Å². The molecule has 1 spiro atoms. The number of carboxylic acids is 1. The minimum absolute atomic E-state index is 0.0640. The zero-order valence-electron chi connectivity index (χ0n) is 11.5. The van der Waals surface area contributed by atoms with Gasteiger partial charge in [0.2, 0.25) is 0 Å². The minimum Gasteiger partial charge on any atom is -0.480 e. The summed E-state index contributed by atoms with van der Waals surface area (Å²) in [6.45, 7) is 5.10. The lowest BCUT2D eigenvalue weighted by Gasteiger charge is -2.44. The second-order valence-electron chi connectivity index (χ2n) is 6.05. The molecule has 0 amide bonds. The van der Waals surface area contributed by atoms with Gasteiger partial charge < -0.3 is 9.84 Å². The van der Waals surface area contributed by atoms with E-state index < -0.39 is 5.97 Å². The average molecular weight is 255 g/mol. The second-order valence-corrected chi connectivity index (χ2v) is 6.05. The molecule has 4 heteroatoms. The van der Waals surface area contributed by atoms with Gasteiger partial charge in [0, 0.05) is 18.7 Å². The summed E-state index contributed by atoms with van der Waals surface area (Å²) in [6.07, 6.45) is 6.80. The van der Waals surface area contributed by atoms with Crippen molar-refractivity contribution in [3.05, 3.63) is 0 Å². The summed E-state index contributed by atoms with van der Waals surface area (Å²) in [4.78, 5) is 13.1. The molecule has 0 bridgehead atoms. The van der Waals surface area contributed by atoms with Gasteiger partial charge in [0.1, 0.15) is 0 Å². The summed E-state index contributed by atoms with van der Waals surface area (Å²) in [6, 6.07) is 0.649. The molecular formula is C14H25NO3. The molecule has 104 valence electrons. The molecular weight excluding hydrogens is 230 g/mol. The van der Waals surface area contributed by atoms with Crippen molar-refractivity contribution in [1.29, 1.82) is 0 Å². The van der Waals surface area contributed by atoms with Crippen molar-refractivity contribution < 1.29 is 14.6 Å². The van der Waals surface area contributed by atoms with Crippen molar-refractivity contribution in [2.24, 2.45) is 0 Å². The molecule has 1 N–H and O–H groups in total. The van der Waals surface area contributed by atoms with Crippen LogP contribution in [0.1, 0.15) is 52.4 Å². The quantitative estimate of drug-likeness (QED) is 0.837. The van der Waals surface area contributed by atoms with Gasteiger partial charge in [-0.1, -0.05) is 12.8 Å². The van der Waals surface area contributed by atoms with E-state index in [1.807, 2.05) is 0 Å². The third-order valence-electron chi connectivity index (χ3n) is 4.43. The van der Waals surface area contributed by atoms with Gasteiger partial charge in [-0.3, -0.25) is 9.69 Å². The minimum atomic E-state index is -0.726. The summed E-state index contributed by atoms with van der Waals surface area (Å²) in [5.41, 5.74) is 0.0640. The zero-order valence-corrected chi connectivity index (χ0v) is 11.5. The first-order valence-electron chi connectivity index (χ1n) is 7.14. The zero-order chi connectivity index (χ0) is 13.2. The van der Waals surface area contributed by atoms with E-state index in [9.17, 15) is 4.79 Å². The third kappa shape index (κ3) is 3.04. The predicted molar refractivity (Wildman–Crippen MR) is 69.7 cm³/mol. The summed E-state index contributed by atoms with van der Waals surface area (Å²) in [5, 5.41) is 9.05. The van der Waals surface area contributed by atoms with E-state index in [1.54, 1.807) is 0 Å². The number of ether oxygens (including phenoxy) is 1. The van der Waals surface area contributed by atoms with Crippen LogP contribution < -0.4 is 0 Å². The van der Waals surface area contributed by atoms with Gasteiger partial charge in [-0.25, -0.2) is 0 Å². The number of hydrogen-bond donors (Lipinski definition) is 1. The molecule has 2 aliphatic rings. The maximum absolute atomic E-state index is 11.0. The van der Waals surface area contributed by atoms with Crippen LogP contribution in [0.2, 0.25) is 0 Å². The molecule has 1 saturated carbocycles. The monoisotopic (exact) mass is 255 g/mol. The van der Waals surface area contributed by atoms with Crippen LogP contribution in [-0.2, 0) is 9.53 Å². The van der Waals surface area contributed by atoms with Crippen molar-refractivity contribution in [2.75, 3.05) is 13.2 Å². The number of aliphatic carboxylic acids is 1. The number of carbonyl (C=O) groups is 1. The highest BCUT2D eigenvalue weighted by atomic mass is 16.5. The summed E-state index contributed by atoms with van der Waals surface area (Å²) in [5.74, 6) is -0.726. The van der Waals surface area contributed by atoms with E-state index in [1.165, 1.54) is 12.8 Å². The fourth-order valence-electron chi connectivity index (χ4n) is 3.54. The molecule has 0 aromatic heterocycles. The van der Waals surface area contributed by atoms with Crippen molar-refractivity contribution in [3.63, 3.8) is 0 Å². The van der Waals surface area contributed by atoms with Gasteiger partial charge in [0.15, 0.2) is 0 Å². The number of hydrogen-bond acceptors (Lipinski definition) is 3. The molecule has 18 heavy (non-hydrogen) atoms. The van der Waals surface area contributed by atoms with Crippen molar-refractivity contribution in [2.45, 2.75) is 70.1 Å². The van der Waals surface area contributed by atoms with Gasteiger partial charge in [-0.05, 0) is 39.5 Å². The lowest BCUT2D eigenvalue weighted by Crippen LogP contribution is -2.51. The molecule has 1 saturated heterocycles. The Bertz CT molecular complexity index is 297. The van der Waals surface area contributed by atoms with E-state index in [0.717, 1.165) is 32.3 Å². The van der Waals surface area contributed by atoms with Gasteiger partial charge >= 0.3 is 5.97 Å². The van der Waals surface area contributed by atoms with Crippen LogP contribution in [0.3, 0.4) is 0 Å². The van der Waals surface area contributed by atoms with Crippen molar-refractivity contribution in [1.82, 2.24) is 4.90 Å². The summed E-state index contributed by atoms with van der Waals surface area (Å²) < 4.78 is 6.02. The molecule has 2 fully saturated rings. The highest BCUT2D eigenvalue weighted by Gasteiger charge is 2.42. The molecule has 1 aliphatic carbocycles. The smallest absolute Gasteiger partial charge is 0.317 e. The Kier molecular flexibility index (Phi) is 4.28. The van der Waals surface area contributed by atoms with Crippen molar-refractivity contribution >= 4 is 5.97 Å². The van der Waals surface area contributed by atoms with Crippen LogP contribution in [0.5, 0.6) is 0 Å². The first kappa shape index (κ1) is 13.8. The van der Waals surface area contributed by atoms with E-state index in [0.29, 0.717) is 6.04 Å². The highest BCUT2D eigenvalue weighted by molar-refractivity contribution is 5.69. The molecule has 0 aromatic carbocycles. The fraction of sp³-hybridized carbons (Fsp3) is 0.929. The van der Waals surface area contributed by atoms with Crippen LogP contribution in [0.25, 0.3) is 0 Å². The average Bonchev–Trinajstić information content (AvgIpc) is 2.73. The summed E-state index contributed by atoms with van der Waals surface area (Å²) in [7, 11) is 0. The Balaban J connectivity index is 2.03. The molecule has 1 unspecified atom stereocenters. The SMILES string of the molecule is CC(C)N(CC(=O)O)C1CCOC2(CCCC2)C1. The van der Waals surface area contributed by atoms with E-state index in [4.69, 9.17) is 9.84 Å². The topological polar surface area (TPSA) is 49.8 Å². The first-order valence-corrected chi connectivity index (χ1v) is 7.14. The molecule has 4 nitrogen and oxygen atoms in total. The largest absolute Gasteiger partial charge is 0.480 e. The lowest BCUT2D eigenvalue weighted by molar-refractivity contribution is -0.143. The Morgan fingerprint density at radius 1 is 1.44 bits per heavy atom. The van der Waals surface area contributed by atoms with E-state index >= 15 is 0 Å². The summed E-state index contributed by atoms with van der Waals surface area (Å²) >= 11 is 0. The van der Waals surface area contributed by atoms with Crippen molar-refractivity contribution in [3.8, 4) is 0 Å². The number of carboxylic acid groups (broad SMARTS) is 1. The van der Waals surface area contributed by atoms with Gasteiger partial charge in [-0.15, -0.1) is 0 Å². The van der Waals surface area contributed by atoms with Gasteiger partial charge in [0.25, 0.3) is 0 Å². The molecule has 0 aromatic rings. The molecule has 0 radical (unpaired) electrons. The number of rotatable bonds is 4. The Morgan fingerprint density at radius 3 is 2.67 bits per heavy atom.